The minimum Gasteiger partial charge on any atom is -0.444 e. The van der Waals surface area contributed by atoms with Crippen LogP contribution in [0, 0.1) is 5.41 Å². The van der Waals surface area contributed by atoms with Gasteiger partial charge in [0, 0.05) is 0 Å². The highest BCUT2D eigenvalue weighted by atomic mass is 16.6. The Hall–Kier alpha value is -1.55. The quantitative estimate of drug-likeness (QED) is 0.873. The molecule has 0 aliphatic heterocycles. The number of alkyl carbamates (subject to hydrolysis) is 1. The number of nitrogens with two attached hydrogens (primary N) is 1. The first-order chi connectivity index (χ1) is 9.84. The van der Waals surface area contributed by atoms with Crippen LogP contribution in [0.1, 0.15) is 51.6 Å². The number of amides is 1. The maximum atomic E-state index is 12.1. The summed E-state index contributed by atoms with van der Waals surface area (Å²) in [7, 11) is 0. The van der Waals surface area contributed by atoms with E-state index in [1.807, 2.05) is 51.1 Å². The molecule has 116 valence electrons. The van der Waals surface area contributed by atoms with Crippen molar-refractivity contribution < 1.29 is 9.53 Å². The monoisotopic (exact) mass is 290 g/mol. The van der Waals surface area contributed by atoms with Gasteiger partial charge in [-0.3, -0.25) is 0 Å². The molecule has 1 atom stereocenters. The zero-order valence-corrected chi connectivity index (χ0v) is 13.2. The molecule has 1 aliphatic rings. The van der Waals surface area contributed by atoms with Crippen LogP contribution in [0.5, 0.6) is 0 Å². The van der Waals surface area contributed by atoms with Gasteiger partial charge in [-0.25, -0.2) is 4.79 Å². The second kappa shape index (κ2) is 6.06. The van der Waals surface area contributed by atoms with Crippen LogP contribution in [0.4, 0.5) is 4.79 Å². The number of carbonyl (C=O) groups excluding carboxylic acids is 1. The molecule has 0 spiro atoms. The topological polar surface area (TPSA) is 64.3 Å². The SMILES string of the molecule is CC(C)(C)OC(=O)NC(CC1(CN)CC1)c1ccccc1. The Labute approximate surface area is 127 Å². The summed E-state index contributed by atoms with van der Waals surface area (Å²) in [6.45, 7) is 6.28. The minimum atomic E-state index is -0.490. The van der Waals surface area contributed by atoms with Gasteiger partial charge in [0.1, 0.15) is 5.60 Å². The van der Waals surface area contributed by atoms with Gasteiger partial charge in [0.25, 0.3) is 0 Å². The molecule has 1 fully saturated rings. The maximum absolute atomic E-state index is 12.1. The Kier molecular flexibility index (Phi) is 4.57. The van der Waals surface area contributed by atoms with Gasteiger partial charge in [0.2, 0.25) is 0 Å². The van der Waals surface area contributed by atoms with Crippen molar-refractivity contribution in [3.8, 4) is 0 Å². The number of nitrogens with one attached hydrogen (secondary N) is 1. The van der Waals surface area contributed by atoms with E-state index in [0.29, 0.717) is 6.54 Å². The van der Waals surface area contributed by atoms with Crippen molar-refractivity contribution in [1.82, 2.24) is 5.32 Å². The summed E-state index contributed by atoms with van der Waals surface area (Å²) >= 11 is 0. The van der Waals surface area contributed by atoms with Crippen LogP contribution < -0.4 is 11.1 Å². The van der Waals surface area contributed by atoms with Gasteiger partial charge < -0.3 is 15.8 Å². The predicted octanol–water partition coefficient (Wildman–Crippen LogP) is 3.38. The summed E-state index contributed by atoms with van der Waals surface area (Å²) in [4.78, 5) is 12.1. The molecule has 0 saturated heterocycles. The van der Waals surface area contributed by atoms with Crippen molar-refractivity contribution in [3.05, 3.63) is 35.9 Å². The van der Waals surface area contributed by atoms with E-state index in [0.717, 1.165) is 24.8 Å². The summed E-state index contributed by atoms with van der Waals surface area (Å²) in [5, 5.41) is 3.00. The highest BCUT2D eigenvalue weighted by Gasteiger charge is 2.43. The summed E-state index contributed by atoms with van der Waals surface area (Å²) in [5.41, 5.74) is 6.68. The summed E-state index contributed by atoms with van der Waals surface area (Å²) in [6, 6.07) is 9.97. The maximum Gasteiger partial charge on any atom is 0.408 e. The molecule has 21 heavy (non-hydrogen) atoms. The van der Waals surface area contributed by atoms with Gasteiger partial charge in [-0.15, -0.1) is 0 Å². The van der Waals surface area contributed by atoms with Crippen LogP contribution in [0.15, 0.2) is 30.3 Å². The van der Waals surface area contributed by atoms with E-state index in [2.05, 4.69) is 5.32 Å². The van der Waals surface area contributed by atoms with Crippen LogP contribution in [-0.4, -0.2) is 18.2 Å². The molecule has 2 rings (SSSR count). The van der Waals surface area contributed by atoms with Crippen molar-refractivity contribution in [2.75, 3.05) is 6.54 Å². The summed E-state index contributed by atoms with van der Waals surface area (Å²) in [6.07, 6.45) is 2.78. The Balaban J connectivity index is 2.07. The molecule has 1 aromatic rings. The summed E-state index contributed by atoms with van der Waals surface area (Å²) in [5.74, 6) is 0. The van der Waals surface area contributed by atoms with E-state index >= 15 is 0 Å². The molecular formula is C17H26N2O2. The largest absolute Gasteiger partial charge is 0.444 e. The lowest BCUT2D eigenvalue weighted by molar-refractivity contribution is 0.0495. The molecule has 4 nitrogen and oxygen atoms in total. The highest BCUT2D eigenvalue weighted by molar-refractivity contribution is 5.68. The molecule has 0 heterocycles. The lowest BCUT2D eigenvalue weighted by Gasteiger charge is -2.26. The predicted molar refractivity (Wildman–Crippen MR) is 83.9 cm³/mol. The van der Waals surface area contributed by atoms with Crippen LogP contribution in [-0.2, 0) is 4.74 Å². The Bertz CT molecular complexity index is 475. The number of rotatable bonds is 5. The molecule has 1 unspecified atom stereocenters. The number of hydrogen-bond acceptors (Lipinski definition) is 3. The zero-order chi connectivity index (χ0) is 15.5. The van der Waals surface area contributed by atoms with E-state index in [-0.39, 0.29) is 17.6 Å². The van der Waals surface area contributed by atoms with Crippen molar-refractivity contribution in [3.63, 3.8) is 0 Å². The molecular weight excluding hydrogens is 264 g/mol. The lowest BCUT2D eigenvalue weighted by atomic mass is 9.92. The third-order valence-corrected chi connectivity index (χ3v) is 3.92. The van der Waals surface area contributed by atoms with Crippen molar-refractivity contribution in [2.24, 2.45) is 11.1 Å². The first-order valence-electron chi connectivity index (χ1n) is 7.58. The fourth-order valence-corrected chi connectivity index (χ4v) is 2.49. The molecule has 1 amide bonds. The first kappa shape index (κ1) is 15.8. The van der Waals surface area contributed by atoms with Gasteiger partial charge in [-0.05, 0) is 57.6 Å². The molecule has 3 N–H and O–H groups in total. The van der Waals surface area contributed by atoms with Gasteiger partial charge in [-0.1, -0.05) is 30.3 Å². The van der Waals surface area contributed by atoms with Crippen molar-refractivity contribution in [2.45, 2.75) is 51.7 Å². The van der Waals surface area contributed by atoms with Crippen molar-refractivity contribution in [1.29, 1.82) is 0 Å². The van der Waals surface area contributed by atoms with Crippen LogP contribution in [0.3, 0.4) is 0 Å². The molecule has 1 aromatic carbocycles. The average molecular weight is 290 g/mol. The third-order valence-electron chi connectivity index (χ3n) is 3.92. The minimum absolute atomic E-state index is 0.0490. The molecule has 0 radical (unpaired) electrons. The van der Waals surface area contributed by atoms with E-state index in [1.165, 1.54) is 0 Å². The molecule has 4 heteroatoms. The smallest absolute Gasteiger partial charge is 0.408 e. The van der Waals surface area contributed by atoms with E-state index < -0.39 is 5.60 Å². The fourth-order valence-electron chi connectivity index (χ4n) is 2.49. The zero-order valence-electron chi connectivity index (χ0n) is 13.2. The molecule has 0 aromatic heterocycles. The van der Waals surface area contributed by atoms with E-state index in [1.54, 1.807) is 0 Å². The molecule has 1 saturated carbocycles. The fraction of sp³-hybridized carbons (Fsp3) is 0.588. The second-order valence-corrected chi connectivity index (χ2v) is 7.02. The Morgan fingerprint density at radius 2 is 1.95 bits per heavy atom. The van der Waals surface area contributed by atoms with Gasteiger partial charge in [0.05, 0.1) is 6.04 Å². The second-order valence-electron chi connectivity index (χ2n) is 7.02. The highest BCUT2D eigenvalue weighted by Crippen LogP contribution is 2.50. The average Bonchev–Trinajstić information content (AvgIpc) is 3.17. The van der Waals surface area contributed by atoms with Crippen LogP contribution >= 0.6 is 0 Å². The van der Waals surface area contributed by atoms with Crippen molar-refractivity contribution >= 4 is 6.09 Å². The number of ether oxygens (including phenoxy) is 1. The molecule has 1 aliphatic carbocycles. The van der Waals surface area contributed by atoms with E-state index in [4.69, 9.17) is 10.5 Å². The molecule has 0 bridgehead atoms. The van der Waals surface area contributed by atoms with Crippen LogP contribution in [0.25, 0.3) is 0 Å². The van der Waals surface area contributed by atoms with E-state index in [9.17, 15) is 4.79 Å². The van der Waals surface area contributed by atoms with Gasteiger partial charge >= 0.3 is 6.09 Å². The normalized spacial score (nSPS) is 17.9. The van der Waals surface area contributed by atoms with Gasteiger partial charge in [0.15, 0.2) is 0 Å². The number of benzene rings is 1. The first-order valence-corrected chi connectivity index (χ1v) is 7.58. The van der Waals surface area contributed by atoms with Gasteiger partial charge in [-0.2, -0.15) is 0 Å². The summed E-state index contributed by atoms with van der Waals surface area (Å²) < 4.78 is 5.38. The number of carbonyl (C=O) groups is 1. The van der Waals surface area contributed by atoms with Crippen LogP contribution in [0.2, 0.25) is 0 Å². The Morgan fingerprint density at radius 3 is 2.43 bits per heavy atom. The number of hydrogen-bond donors (Lipinski definition) is 2. The standard InChI is InChI=1S/C17H26N2O2/c1-16(2,3)21-15(20)19-14(11-17(12-18)9-10-17)13-7-5-4-6-8-13/h4-8,14H,9-12,18H2,1-3H3,(H,19,20). The Morgan fingerprint density at radius 1 is 1.33 bits per heavy atom. The lowest BCUT2D eigenvalue weighted by Crippen LogP contribution is -2.36. The third kappa shape index (κ3) is 4.74.